The number of pyridine rings is 1. The zero-order chi connectivity index (χ0) is 23.4. The lowest BCUT2D eigenvalue weighted by Crippen LogP contribution is -2.45. The van der Waals surface area contributed by atoms with E-state index in [1.807, 2.05) is 24.3 Å². The molecule has 2 atom stereocenters. The van der Waals surface area contributed by atoms with Crippen LogP contribution in [0.5, 0.6) is 0 Å². The number of amides is 2. The highest BCUT2D eigenvalue weighted by atomic mass is 35.5. The predicted octanol–water partition coefficient (Wildman–Crippen LogP) is 4.33. The Morgan fingerprint density at radius 2 is 1.94 bits per heavy atom. The Balaban J connectivity index is 1.46. The minimum Gasteiger partial charge on any atom is -0.364 e. The van der Waals surface area contributed by atoms with Crippen LogP contribution in [0.1, 0.15) is 29.7 Å². The van der Waals surface area contributed by atoms with Crippen LogP contribution in [0.15, 0.2) is 30.5 Å². The van der Waals surface area contributed by atoms with Crippen LogP contribution in [0.3, 0.4) is 0 Å². The Hall–Kier alpha value is -2.55. The summed E-state index contributed by atoms with van der Waals surface area (Å²) in [6, 6.07) is 7.70. The van der Waals surface area contributed by atoms with Gasteiger partial charge in [-0.2, -0.15) is 0 Å². The number of likely N-dealkylation sites (tertiary alicyclic amines) is 1. The van der Waals surface area contributed by atoms with Crippen molar-refractivity contribution in [2.24, 2.45) is 0 Å². The van der Waals surface area contributed by atoms with Crippen LogP contribution in [0.4, 0.5) is 10.1 Å². The molecule has 176 valence electrons. The van der Waals surface area contributed by atoms with Crippen LogP contribution in [0.2, 0.25) is 5.02 Å². The summed E-state index contributed by atoms with van der Waals surface area (Å²) >= 11 is 8.11. The van der Waals surface area contributed by atoms with Gasteiger partial charge in [0.25, 0.3) is 0 Å². The third-order valence-electron chi connectivity index (χ3n) is 7.02. The number of carbonyl (C=O) groups is 2. The first-order valence-electron chi connectivity index (χ1n) is 11.6. The van der Waals surface area contributed by atoms with E-state index in [-0.39, 0.29) is 37.2 Å². The quantitative estimate of drug-likeness (QED) is 0.542. The molecule has 2 amide bonds. The third kappa shape index (κ3) is 3.68. The number of alkyl halides is 1. The number of nitrogens with zero attached hydrogens (tertiary/aromatic N) is 3. The molecule has 2 unspecified atom stereocenters. The summed E-state index contributed by atoms with van der Waals surface area (Å²) < 4.78 is 15.8. The van der Waals surface area contributed by atoms with Crippen LogP contribution in [0, 0.1) is 0 Å². The minimum atomic E-state index is -0.921. The summed E-state index contributed by atoms with van der Waals surface area (Å²) in [5, 5.41) is 3.84. The predicted molar refractivity (Wildman–Crippen MR) is 132 cm³/mol. The lowest BCUT2D eigenvalue weighted by molar-refractivity contribution is -0.138. The third-order valence-corrected chi connectivity index (χ3v) is 8.38. The second kappa shape index (κ2) is 8.59. The SMILES string of the molecule is O=C1CCC(=O)N1Cc1cc2nccc(-c3cc(Cl)cc4c3N(C3CNCC3F)CCC4)c2s1. The maximum Gasteiger partial charge on any atom is 0.230 e. The van der Waals surface area contributed by atoms with Crippen molar-refractivity contribution in [1.29, 1.82) is 0 Å². The van der Waals surface area contributed by atoms with E-state index in [4.69, 9.17) is 11.6 Å². The number of fused-ring (bicyclic) bond motifs is 2. The average molecular weight is 499 g/mol. The topological polar surface area (TPSA) is 65.5 Å². The highest BCUT2D eigenvalue weighted by Gasteiger charge is 2.36. The molecule has 3 aliphatic rings. The van der Waals surface area contributed by atoms with E-state index in [9.17, 15) is 14.0 Å². The monoisotopic (exact) mass is 498 g/mol. The maximum absolute atomic E-state index is 14.8. The van der Waals surface area contributed by atoms with Crippen LogP contribution < -0.4 is 10.2 Å². The van der Waals surface area contributed by atoms with Crippen molar-refractivity contribution in [2.45, 2.75) is 44.4 Å². The van der Waals surface area contributed by atoms with Gasteiger partial charge in [-0.3, -0.25) is 19.5 Å². The number of thiophene rings is 1. The lowest BCUT2D eigenvalue weighted by atomic mass is 9.92. The van der Waals surface area contributed by atoms with Gasteiger partial charge in [-0.1, -0.05) is 11.6 Å². The van der Waals surface area contributed by atoms with E-state index in [0.717, 1.165) is 56.9 Å². The normalized spacial score (nSPS) is 22.8. The van der Waals surface area contributed by atoms with Crippen molar-refractivity contribution in [3.63, 3.8) is 0 Å². The summed E-state index contributed by atoms with van der Waals surface area (Å²) in [6.07, 6.45) is 3.28. The second-order valence-corrected chi connectivity index (χ2v) is 10.7. The highest BCUT2D eigenvalue weighted by molar-refractivity contribution is 7.19. The van der Waals surface area contributed by atoms with E-state index in [1.54, 1.807) is 17.5 Å². The van der Waals surface area contributed by atoms with Gasteiger partial charge >= 0.3 is 0 Å². The first kappa shape index (κ1) is 21.9. The number of aryl methyl sites for hydroxylation is 1. The van der Waals surface area contributed by atoms with E-state index in [1.165, 1.54) is 4.90 Å². The molecule has 9 heteroatoms. The van der Waals surface area contributed by atoms with Crippen molar-refractivity contribution in [3.8, 4) is 11.1 Å². The number of benzene rings is 1. The van der Waals surface area contributed by atoms with Crippen LogP contribution in [-0.4, -0.2) is 53.5 Å². The van der Waals surface area contributed by atoms with E-state index >= 15 is 0 Å². The molecule has 0 aliphatic carbocycles. The van der Waals surface area contributed by atoms with Gasteiger partial charge in [-0.05, 0) is 42.7 Å². The Morgan fingerprint density at radius 3 is 2.71 bits per heavy atom. The lowest BCUT2D eigenvalue weighted by Gasteiger charge is -2.38. The van der Waals surface area contributed by atoms with E-state index in [0.29, 0.717) is 18.1 Å². The molecular formula is C25H24ClFN4O2S. The number of imide groups is 1. The Labute approximate surface area is 205 Å². The molecule has 34 heavy (non-hydrogen) atoms. The standard InChI is InChI=1S/C25H24ClFN4O2S/c26-15-8-14-2-1-7-30(21-12-28-11-19(21)27)24(14)18(9-15)17-5-6-29-20-10-16(34-25(17)20)13-31-22(32)3-4-23(31)33/h5-6,8-10,19,21,28H,1-4,7,11-13H2. The number of nitrogens with one attached hydrogen (secondary N) is 1. The Morgan fingerprint density at radius 1 is 1.12 bits per heavy atom. The zero-order valence-corrected chi connectivity index (χ0v) is 20.1. The van der Waals surface area contributed by atoms with Crippen molar-refractivity contribution < 1.29 is 14.0 Å². The Bertz CT molecular complexity index is 1300. The number of aromatic nitrogens is 1. The van der Waals surface area contributed by atoms with Crippen molar-refractivity contribution in [3.05, 3.63) is 45.9 Å². The molecule has 1 N–H and O–H groups in total. The number of carbonyl (C=O) groups excluding carboxylic acids is 2. The van der Waals surface area contributed by atoms with Gasteiger partial charge in [0.2, 0.25) is 11.8 Å². The summed E-state index contributed by atoms with van der Waals surface area (Å²) in [5.41, 5.74) is 4.99. The van der Waals surface area contributed by atoms with Gasteiger partial charge < -0.3 is 10.2 Å². The summed E-state index contributed by atoms with van der Waals surface area (Å²) in [5.74, 6) is -0.248. The number of halogens is 2. The molecule has 0 bridgehead atoms. The molecule has 5 heterocycles. The van der Waals surface area contributed by atoms with E-state index < -0.39 is 6.17 Å². The molecule has 2 fully saturated rings. The van der Waals surface area contributed by atoms with Gasteiger partial charge in [-0.15, -0.1) is 11.3 Å². The van der Waals surface area contributed by atoms with Crippen LogP contribution in [0.25, 0.3) is 21.3 Å². The molecule has 3 aromatic rings. The van der Waals surface area contributed by atoms with Gasteiger partial charge in [0.15, 0.2) is 0 Å². The Kier molecular flexibility index (Phi) is 5.54. The fraction of sp³-hybridized carbons (Fsp3) is 0.400. The van der Waals surface area contributed by atoms with Gasteiger partial charge in [0.1, 0.15) is 6.17 Å². The van der Waals surface area contributed by atoms with Crippen molar-refractivity contribution in [2.75, 3.05) is 24.5 Å². The molecule has 0 spiro atoms. The number of hydrogen-bond donors (Lipinski definition) is 1. The highest BCUT2D eigenvalue weighted by Crippen LogP contribution is 2.45. The molecule has 6 rings (SSSR count). The van der Waals surface area contributed by atoms with Crippen molar-refractivity contribution in [1.82, 2.24) is 15.2 Å². The molecule has 3 aliphatic heterocycles. The smallest absolute Gasteiger partial charge is 0.230 e. The zero-order valence-electron chi connectivity index (χ0n) is 18.5. The van der Waals surface area contributed by atoms with Gasteiger partial charge in [0, 0.05) is 65.4 Å². The summed E-state index contributed by atoms with van der Waals surface area (Å²) in [4.78, 5) is 33.3. The van der Waals surface area contributed by atoms with Gasteiger partial charge in [-0.25, -0.2) is 4.39 Å². The minimum absolute atomic E-state index is 0.124. The largest absolute Gasteiger partial charge is 0.364 e. The number of hydrogen-bond acceptors (Lipinski definition) is 6. The first-order chi connectivity index (χ1) is 16.5. The molecule has 6 nitrogen and oxygen atoms in total. The second-order valence-electron chi connectivity index (χ2n) is 9.16. The summed E-state index contributed by atoms with van der Waals surface area (Å²) in [6.45, 7) is 2.07. The molecule has 1 aromatic carbocycles. The number of anilines is 1. The number of rotatable bonds is 4. The average Bonchev–Trinajstić information content (AvgIpc) is 3.52. The first-order valence-corrected chi connectivity index (χ1v) is 12.8. The summed E-state index contributed by atoms with van der Waals surface area (Å²) in [7, 11) is 0. The molecular weight excluding hydrogens is 475 g/mol. The fourth-order valence-electron chi connectivity index (χ4n) is 5.45. The molecule has 0 saturated carbocycles. The van der Waals surface area contributed by atoms with E-state index in [2.05, 4.69) is 15.2 Å². The van der Waals surface area contributed by atoms with Crippen molar-refractivity contribution >= 4 is 50.7 Å². The fourth-order valence-corrected chi connectivity index (χ4v) is 6.82. The van der Waals surface area contributed by atoms with Gasteiger partial charge in [0.05, 0.1) is 22.8 Å². The van der Waals surface area contributed by atoms with Crippen LogP contribution in [-0.2, 0) is 22.6 Å². The molecule has 2 saturated heterocycles. The molecule has 2 aromatic heterocycles. The van der Waals surface area contributed by atoms with Crippen LogP contribution >= 0.6 is 22.9 Å². The maximum atomic E-state index is 14.8. The molecule has 0 radical (unpaired) electrons.